The first-order chi connectivity index (χ1) is 36.1. The van der Waals surface area contributed by atoms with E-state index >= 15 is 0 Å². The van der Waals surface area contributed by atoms with Gasteiger partial charge in [0.1, 0.15) is 13.2 Å². The SMILES string of the molecule is CCCCCCCC/C=C\CCCCCCCCCCCC(=O)OC(COC(=O)CCCCCCCCCCCCCCCCCCCCCCCCCCCCCCCC)COC(OCC[N+](C)(C)C)C(=O)[O-]. The molecule has 0 aromatic heterocycles. The molecule has 0 amide bonds. The lowest BCUT2D eigenvalue weighted by molar-refractivity contribution is -0.870. The van der Waals surface area contributed by atoms with Gasteiger partial charge in [-0.1, -0.05) is 289 Å². The van der Waals surface area contributed by atoms with Gasteiger partial charge in [0.2, 0.25) is 0 Å². The molecular weight excluding hydrogens is 923 g/mol. The van der Waals surface area contributed by atoms with E-state index in [0.29, 0.717) is 23.9 Å². The second-order valence-electron chi connectivity index (χ2n) is 23.4. The highest BCUT2D eigenvalue weighted by atomic mass is 16.7. The van der Waals surface area contributed by atoms with Crippen LogP contribution in [0.3, 0.4) is 0 Å². The van der Waals surface area contributed by atoms with Crippen LogP contribution < -0.4 is 5.11 Å². The molecule has 2 atom stereocenters. The standard InChI is InChI=1S/C65H125NO8/c1-6-8-10-12-14-16-18-20-22-24-26-27-28-29-30-31-32-33-34-35-36-38-39-41-43-45-47-49-51-53-55-62(67)72-59-61(60-73-65(64(69)70)71-58-57-66(3,4)5)74-63(68)56-54-52-50-48-46-44-42-40-37-25-23-21-19-17-15-13-11-9-7-2/h21,23,61,65H,6-20,22,24-60H2,1-5H3/b23-21-. The van der Waals surface area contributed by atoms with Crippen molar-refractivity contribution in [3.05, 3.63) is 12.2 Å². The first-order valence-electron chi connectivity index (χ1n) is 32.3. The summed E-state index contributed by atoms with van der Waals surface area (Å²) in [6.45, 7) is 4.81. The number of rotatable bonds is 61. The molecule has 0 aliphatic carbocycles. The third kappa shape index (κ3) is 57.7. The lowest BCUT2D eigenvalue weighted by Crippen LogP contribution is -2.44. The maximum Gasteiger partial charge on any atom is 0.306 e. The highest BCUT2D eigenvalue weighted by Crippen LogP contribution is 2.18. The number of hydrogen-bond donors (Lipinski definition) is 0. The van der Waals surface area contributed by atoms with Crippen molar-refractivity contribution in [2.45, 2.75) is 341 Å². The Bertz CT molecular complexity index is 1220. The Morgan fingerprint density at radius 2 is 0.689 bits per heavy atom. The minimum atomic E-state index is -1.62. The number of carboxylic acids is 1. The van der Waals surface area contributed by atoms with Gasteiger partial charge in [0.25, 0.3) is 0 Å². The average Bonchev–Trinajstić information content (AvgIpc) is 3.37. The van der Waals surface area contributed by atoms with E-state index < -0.39 is 24.3 Å². The molecule has 0 spiro atoms. The van der Waals surface area contributed by atoms with Gasteiger partial charge in [-0.2, -0.15) is 0 Å². The van der Waals surface area contributed by atoms with Crippen LogP contribution in [0.1, 0.15) is 328 Å². The fourth-order valence-corrected chi connectivity index (χ4v) is 9.77. The highest BCUT2D eigenvalue weighted by Gasteiger charge is 2.22. The molecule has 0 saturated heterocycles. The van der Waals surface area contributed by atoms with Gasteiger partial charge in [-0.15, -0.1) is 0 Å². The molecule has 438 valence electrons. The molecule has 0 fully saturated rings. The molecule has 0 rings (SSSR count). The van der Waals surface area contributed by atoms with Crippen molar-refractivity contribution in [2.24, 2.45) is 0 Å². The molecule has 0 saturated carbocycles. The number of carbonyl (C=O) groups is 3. The molecule has 2 unspecified atom stereocenters. The number of carbonyl (C=O) groups excluding carboxylic acids is 3. The topological polar surface area (TPSA) is 111 Å². The number of nitrogens with zero attached hydrogens (tertiary/aromatic N) is 1. The van der Waals surface area contributed by atoms with Crippen molar-refractivity contribution < 1.29 is 42.9 Å². The first kappa shape index (κ1) is 72.0. The normalized spacial score (nSPS) is 12.7. The van der Waals surface area contributed by atoms with E-state index in [1.807, 2.05) is 21.1 Å². The summed E-state index contributed by atoms with van der Waals surface area (Å²) in [7, 11) is 5.94. The number of hydrogen-bond acceptors (Lipinski definition) is 8. The highest BCUT2D eigenvalue weighted by molar-refractivity contribution is 5.70. The fraction of sp³-hybridized carbons (Fsp3) is 0.923. The maximum absolute atomic E-state index is 12.9. The van der Waals surface area contributed by atoms with E-state index in [-0.39, 0.29) is 32.2 Å². The third-order valence-electron chi connectivity index (χ3n) is 14.8. The molecule has 0 aliphatic heterocycles. The summed E-state index contributed by atoms with van der Waals surface area (Å²) in [5, 5.41) is 11.8. The number of unbranched alkanes of at least 4 members (excludes halogenated alkanes) is 44. The van der Waals surface area contributed by atoms with Crippen LogP contribution in [0.15, 0.2) is 12.2 Å². The smallest absolute Gasteiger partial charge is 0.306 e. The fourth-order valence-electron chi connectivity index (χ4n) is 9.77. The van der Waals surface area contributed by atoms with Crippen LogP contribution in [0.2, 0.25) is 0 Å². The Morgan fingerprint density at radius 3 is 1.00 bits per heavy atom. The van der Waals surface area contributed by atoms with Crippen molar-refractivity contribution in [1.29, 1.82) is 0 Å². The van der Waals surface area contributed by atoms with Gasteiger partial charge in [0.05, 0.1) is 40.3 Å². The number of carboxylic acid groups (broad SMARTS) is 1. The number of quaternary nitrogens is 1. The predicted molar refractivity (Wildman–Crippen MR) is 311 cm³/mol. The Morgan fingerprint density at radius 1 is 0.392 bits per heavy atom. The molecule has 9 heteroatoms. The van der Waals surface area contributed by atoms with Gasteiger partial charge in [0.15, 0.2) is 12.4 Å². The molecule has 0 aromatic rings. The molecular formula is C65H125NO8. The molecule has 0 aromatic carbocycles. The lowest BCUT2D eigenvalue weighted by atomic mass is 10.0. The van der Waals surface area contributed by atoms with E-state index in [0.717, 1.165) is 38.5 Å². The predicted octanol–water partition coefficient (Wildman–Crippen LogP) is 18.0. The molecule has 0 N–H and O–H groups in total. The van der Waals surface area contributed by atoms with Crippen molar-refractivity contribution in [2.75, 3.05) is 47.5 Å². The Labute approximate surface area is 459 Å². The van der Waals surface area contributed by atoms with Gasteiger partial charge >= 0.3 is 11.9 Å². The Balaban J connectivity index is 4.07. The Kier molecular flexibility index (Phi) is 55.7. The summed E-state index contributed by atoms with van der Waals surface area (Å²) in [6.07, 6.45) is 64.3. The number of esters is 2. The van der Waals surface area contributed by atoms with Gasteiger partial charge in [-0.05, 0) is 38.5 Å². The van der Waals surface area contributed by atoms with Crippen LogP contribution in [0.4, 0.5) is 0 Å². The van der Waals surface area contributed by atoms with E-state index in [9.17, 15) is 19.5 Å². The second kappa shape index (κ2) is 57.2. The summed E-state index contributed by atoms with van der Waals surface area (Å²) in [4.78, 5) is 37.4. The largest absolute Gasteiger partial charge is 0.545 e. The van der Waals surface area contributed by atoms with Crippen molar-refractivity contribution in [1.82, 2.24) is 0 Å². The minimum Gasteiger partial charge on any atom is -0.545 e. The summed E-state index contributed by atoms with van der Waals surface area (Å²) >= 11 is 0. The lowest BCUT2D eigenvalue weighted by Gasteiger charge is -2.26. The molecule has 0 radical (unpaired) electrons. The molecule has 0 heterocycles. The van der Waals surface area contributed by atoms with Crippen LogP contribution in [0, 0.1) is 0 Å². The molecule has 9 nitrogen and oxygen atoms in total. The van der Waals surface area contributed by atoms with E-state index in [1.165, 1.54) is 257 Å². The van der Waals surface area contributed by atoms with E-state index in [1.54, 1.807) is 0 Å². The number of aliphatic carboxylic acids is 1. The van der Waals surface area contributed by atoms with Crippen LogP contribution in [-0.2, 0) is 33.3 Å². The minimum absolute atomic E-state index is 0.151. The van der Waals surface area contributed by atoms with Crippen LogP contribution in [0.25, 0.3) is 0 Å². The summed E-state index contributed by atoms with van der Waals surface area (Å²) in [6, 6.07) is 0. The third-order valence-corrected chi connectivity index (χ3v) is 14.8. The molecule has 74 heavy (non-hydrogen) atoms. The van der Waals surface area contributed by atoms with Gasteiger partial charge in [-0.3, -0.25) is 9.59 Å². The maximum atomic E-state index is 12.9. The van der Waals surface area contributed by atoms with Crippen molar-refractivity contribution >= 4 is 17.9 Å². The van der Waals surface area contributed by atoms with E-state index in [4.69, 9.17) is 18.9 Å². The molecule has 0 bridgehead atoms. The van der Waals surface area contributed by atoms with Crippen molar-refractivity contribution in [3.63, 3.8) is 0 Å². The van der Waals surface area contributed by atoms with Gasteiger partial charge in [-0.25, -0.2) is 0 Å². The number of ether oxygens (including phenoxy) is 4. The van der Waals surface area contributed by atoms with Crippen LogP contribution >= 0.6 is 0 Å². The van der Waals surface area contributed by atoms with Crippen LogP contribution in [-0.4, -0.2) is 82.3 Å². The van der Waals surface area contributed by atoms with Gasteiger partial charge in [0, 0.05) is 12.8 Å². The van der Waals surface area contributed by atoms with E-state index in [2.05, 4.69) is 26.0 Å². The summed E-state index contributed by atoms with van der Waals surface area (Å²) in [5.74, 6) is -2.26. The zero-order chi connectivity index (χ0) is 54.1. The van der Waals surface area contributed by atoms with Crippen LogP contribution in [0.5, 0.6) is 0 Å². The monoisotopic (exact) mass is 1050 g/mol. The van der Waals surface area contributed by atoms with Crippen molar-refractivity contribution in [3.8, 4) is 0 Å². The zero-order valence-corrected chi connectivity index (χ0v) is 50.0. The summed E-state index contributed by atoms with van der Waals surface area (Å²) in [5.41, 5.74) is 0. The average molecular weight is 1050 g/mol. The second-order valence-corrected chi connectivity index (χ2v) is 23.4. The first-order valence-corrected chi connectivity index (χ1v) is 32.3. The molecule has 0 aliphatic rings. The summed E-state index contributed by atoms with van der Waals surface area (Å²) < 4.78 is 22.8. The number of allylic oxidation sites excluding steroid dienone is 2. The number of likely N-dealkylation sites (N-methyl/N-ethyl adjacent to an activating group) is 1. The van der Waals surface area contributed by atoms with Gasteiger partial charge < -0.3 is 33.3 Å². The Hall–Kier alpha value is -1.97. The quantitative estimate of drug-likeness (QED) is 0.0195. The zero-order valence-electron chi connectivity index (χ0n) is 50.0.